The lowest BCUT2D eigenvalue weighted by atomic mass is 9.94. The first-order chi connectivity index (χ1) is 10.1. The topological polar surface area (TPSA) is 42.7 Å². The second-order valence-corrected chi connectivity index (χ2v) is 6.13. The lowest BCUT2D eigenvalue weighted by Crippen LogP contribution is -2.21. The van der Waals surface area contributed by atoms with Crippen LogP contribution < -0.4 is 5.32 Å². The third-order valence-electron chi connectivity index (χ3n) is 3.63. The predicted molar refractivity (Wildman–Crippen MR) is 86.4 cm³/mol. The fraction of sp³-hybridized carbons (Fsp3) is 0.529. The Morgan fingerprint density at radius 2 is 2.10 bits per heavy atom. The van der Waals surface area contributed by atoms with Crippen LogP contribution in [-0.2, 0) is 13.0 Å². The van der Waals surface area contributed by atoms with Crippen LogP contribution in [0.3, 0.4) is 0 Å². The van der Waals surface area contributed by atoms with Gasteiger partial charge in [0.15, 0.2) is 0 Å². The Hall–Kier alpha value is -1.68. The van der Waals surface area contributed by atoms with Gasteiger partial charge in [0.2, 0.25) is 0 Å². The highest BCUT2D eigenvalue weighted by molar-refractivity contribution is 5.26. The van der Waals surface area contributed by atoms with Crippen LogP contribution in [0.15, 0.2) is 30.6 Å². The minimum absolute atomic E-state index is 0.421. The van der Waals surface area contributed by atoms with E-state index in [1.807, 2.05) is 11.7 Å². The summed E-state index contributed by atoms with van der Waals surface area (Å²) >= 11 is 0. The number of hydrogen-bond acceptors (Lipinski definition) is 3. The molecule has 4 nitrogen and oxygen atoms in total. The van der Waals surface area contributed by atoms with Gasteiger partial charge >= 0.3 is 0 Å². The summed E-state index contributed by atoms with van der Waals surface area (Å²) in [6, 6.07) is 8.75. The smallest absolute Gasteiger partial charge is 0.138 e. The average molecular weight is 286 g/mol. The molecule has 1 heterocycles. The highest BCUT2D eigenvalue weighted by Crippen LogP contribution is 2.21. The van der Waals surface area contributed by atoms with Crippen LogP contribution in [0.4, 0.5) is 0 Å². The molecule has 114 valence electrons. The molecule has 0 amide bonds. The van der Waals surface area contributed by atoms with Crippen molar-refractivity contribution in [2.45, 2.75) is 39.7 Å². The maximum Gasteiger partial charge on any atom is 0.138 e. The molecule has 0 aliphatic rings. The van der Waals surface area contributed by atoms with E-state index >= 15 is 0 Å². The zero-order valence-electron chi connectivity index (χ0n) is 13.5. The van der Waals surface area contributed by atoms with E-state index in [4.69, 9.17) is 0 Å². The highest BCUT2D eigenvalue weighted by Gasteiger charge is 2.16. The quantitative estimate of drug-likeness (QED) is 0.851. The summed E-state index contributed by atoms with van der Waals surface area (Å²) < 4.78 is 2.04. The van der Waals surface area contributed by atoms with Gasteiger partial charge in [-0.15, -0.1) is 0 Å². The lowest BCUT2D eigenvalue weighted by Gasteiger charge is -2.18. The normalized spacial score (nSPS) is 12.8. The van der Waals surface area contributed by atoms with Gasteiger partial charge in [-0.3, -0.25) is 0 Å². The summed E-state index contributed by atoms with van der Waals surface area (Å²) in [6.45, 7) is 8.42. The number of likely N-dealkylation sites (N-methyl/N-ethyl adjacent to an activating group) is 1. The predicted octanol–water partition coefficient (Wildman–Crippen LogP) is 2.79. The van der Waals surface area contributed by atoms with Crippen molar-refractivity contribution in [3.05, 3.63) is 47.5 Å². The van der Waals surface area contributed by atoms with Crippen molar-refractivity contribution in [3.63, 3.8) is 0 Å². The number of hydrogen-bond donors (Lipinski definition) is 1. The molecule has 0 aliphatic carbocycles. The van der Waals surface area contributed by atoms with E-state index in [9.17, 15) is 0 Å². The van der Waals surface area contributed by atoms with Crippen LogP contribution >= 0.6 is 0 Å². The van der Waals surface area contributed by atoms with E-state index < -0.39 is 0 Å². The van der Waals surface area contributed by atoms with Crippen molar-refractivity contribution < 1.29 is 0 Å². The van der Waals surface area contributed by atoms with Crippen LogP contribution in [0.2, 0.25) is 0 Å². The first kappa shape index (κ1) is 15.7. The van der Waals surface area contributed by atoms with Crippen LogP contribution in [0.25, 0.3) is 0 Å². The van der Waals surface area contributed by atoms with Crippen LogP contribution in [-0.4, -0.2) is 28.4 Å². The van der Waals surface area contributed by atoms with Crippen molar-refractivity contribution in [2.24, 2.45) is 5.92 Å². The summed E-state index contributed by atoms with van der Waals surface area (Å²) in [5.74, 6) is 2.07. The highest BCUT2D eigenvalue weighted by atomic mass is 15.3. The van der Waals surface area contributed by atoms with Crippen molar-refractivity contribution in [1.29, 1.82) is 0 Å². The first-order valence-corrected chi connectivity index (χ1v) is 7.68. The Morgan fingerprint density at radius 3 is 2.76 bits per heavy atom. The summed E-state index contributed by atoms with van der Waals surface area (Å²) in [6.07, 6.45) is 2.58. The Morgan fingerprint density at radius 1 is 1.29 bits per heavy atom. The molecule has 0 bridgehead atoms. The maximum atomic E-state index is 4.46. The molecule has 2 aromatic rings. The summed E-state index contributed by atoms with van der Waals surface area (Å²) in [5.41, 5.74) is 2.67. The molecule has 1 atom stereocenters. The molecule has 21 heavy (non-hydrogen) atoms. The van der Waals surface area contributed by atoms with Crippen molar-refractivity contribution in [1.82, 2.24) is 20.1 Å². The molecule has 0 aliphatic heterocycles. The van der Waals surface area contributed by atoms with Gasteiger partial charge < -0.3 is 5.32 Å². The molecule has 0 fully saturated rings. The monoisotopic (exact) mass is 286 g/mol. The molecular weight excluding hydrogens is 260 g/mol. The number of aryl methyl sites for hydroxylation is 1. The molecule has 1 unspecified atom stereocenters. The van der Waals surface area contributed by atoms with Crippen LogP contribution in [0.1, 0.15) is 36.7 Å². The van der Waals surface area contributed by atoms with Gasteiger partial charge in [-0.25, -0.2) is 9.67 Å². The van der Waals surface area contributed by atoms with Gasteiger partial charge in [-0.2, -0.15) is 5.10 Å². The van der Waals surface area contributed by atoms with E-state index in [0.29, 0.717) is 11.8 Å². The van der Waals surface area contributed by atoms with E-state index in [1.165, 1.54) is 11.1 Å². The van der Waals surface area contributed by atoms with Gasteiger partial charge in [0, 0.05) is 25.4 Å². The second-order valence-electron chi connectivity index (χ2n) is 6.13. The summed E-state index contributed by atoms with van der Waals surface area (Å²) in [7, 11) is 2.00. The first-order valence-electron chi connectivity index (χ1n) is 7.68. The number of benzene rings is 1. The fourth-order valence-electron chi connectivity index (χ4n) is 2.64. The molecule has 1 aromatic heterocycles. The molecule has 2 rings (SSSR count). The number of rotatable bonds is 7. The van der Waals surface area contributed by atoms with Gasteiger partial charge in [0.25, 0.3) is 0 Å². The van der Waals surface area contributed by atoms with Gasteiger partial charge in [-0.05, 0) is 25.5 Å². The molecule has 0 saturated heterocycles. The molecule has 1 N–H and O–H groups in total. The molecule has 4 heteroatoms. The molecule has 0 spiro atoms. The zero-order chi connectivity index (χ0) is 15.2. The van der Waals surface area contributed by atoms with Crippen molar-refractivity contribution in [3.8, 4) is 0 Å². The SMILES string of the molecule is CNCC(Cc1ncnn1CC(C)C)c1cccc(C)c1. The maximum absolute atomic E-state index is 4.46. The van der Waals surface area contributed by atoms with Crippen LogP contribution in [0, 0.1) is 12.8 Å². The molecule has 1 aromatic carbocycles. The van der Waals surface area contributed by atoms with Gasteiger partial charge in [0.1, 0.15) is 12.2 Å². The minimum Gasteiger partial charge on any atom is -0.319 e. The third kappa shape index (κ3) is 4.39. The minimum atomic E-state index is 0.421. The largest absolute Gasteiger partial charge is 0.319 e. The van der Waals surface area contributed by atoms with Crippen molar-refractivity contribution in [2.75, 3.05) is 13.6 Å². The lowest BCUT2D eigenvalue weighted by molar-refractivity contribution is 0.456. The number of aromatic nitrogens is 3. The van der Waals surface area contributed by atoms with Crippen LogP contribution in [0.5, 0.6) is 0 Å². The second kappa shape index (κ2) is 7.36. The standard InChI is InChI=1S/C17H26N4/c1-13(2)11-21-17(19-12-20-21)9-16(10-18-4)15-7-5-6-14(3)8-15/h5-8,12-13,16,18H,9-11H2,1-4H3. The van der Waals surface area contributed by atoms with E-state index in [1.54, 1.807) is 6.33 Å². The molecule has 0 saturated carbocycles. The van der Waals surface area contributed by atoms with E-state index in [-0.39, 0.29) is 0 Å². The van der Waals surface area contributed by atoms with E-state index in [2.05, 4.69) is 60.4 Å². The Kier molecular flexibility index (Phi) is 5.51. The summed E-state index contributed by atoms with van der Waals surface area (Å²) in [4.78, 5) is 4.46. The van der Waals surface area contributed by atoms with Gasteiger partial charge in [-0.1, -0.05) is 43.7 Å². The zero-order valence-corrected chi connectivity index (χ0v) is 13.5. The summed E-state index contributed by atoms with van der Waals surface area (Å²) in [5, 5.41) is 7.67. The Bertz CT molecular complexity index is 559. The van der Waals surface area contributed by atoms with E-state index in [0.717, 1.165) is 25.3 Å². The molecule has 0 radical (unpaired) electrons. The average Bonchev–Trinajstić information content (AvgIpc) is 2.85. The molecular formula is C17H26N4. The Labute approximate surface area is 127 Å². The fourth-order valence-corrected chi connectivity index (χ4v) is 2.64. The third-order valence-corrected chi connectivity index (χ3v) is 3.63. The Balaban J connectivity index is 2.18. The van der Waals surface area contributed by atoms with Gasteiger partial charge in [0.05, 0.1) is 0 Å². The van der Waals surface area contributed by atoms with Crippen molar-refractivity contribution >= 4 is 0 Å². The number of nitrogens with zero attached hydrogens (tertiary/aromatic N) is 3. The number of nitrogens with one attached hydrogen (secondary N) is 1.